The molecule has 16 heavy (non-hydrogen) atoms. The van der Waals surface area contributed by atoms with Crippen LogP contribution in [0.25, 0.3) is 10.9 Å². The lowest BCUT2D eigenvalue weighted by Crippen LogP contribution is -2.12. The smallest absolute Gasteiger partial charge is 0.201 e. The van der Waals surface area contributed by atoms with Crippen molar-refractivity contribution in [2.45, 2.75) is 6.42 Å². The van der Waals surface area contributed by atoms with Crippen molar-refractivity contribution in [1.82, 2.24) is 4.57 Å². The molecule has 0 saturated heterocycles. The monoisotopic (exact) mass is 235 g/mol. The molecule has 0 bridgehead atoms. The molecule has 0 radical (unpaired) electrons. The van der Waals surface area contributed by atoms with Crippen LogP contribution in [0.4, 0.5) is 0 Å². The minimum Gasteiger partial charge on any atom is -0.478 e. The van der Waals surface area contributed by atoms with Gasteiger partial charge in [-0.25, -0.2) is 0 Å². The SMILES string of the molecule is Cn1c2c(c(=O)c3cc(Cl)ccc31)CCO2. The Kier molecular flexibility index (Phi) is 1.98. The van der Waals surface area contributed by atoms with Crippen LogP contribution < -0.4 is 10.2 Å². The summed E-state index contributed by atoms with van der Waals surface area (Å²) < 4.78 is 7.39. The average Bonchev–Trinajstić information content (AvgIpc) is 2.75. The van der Waals surface area contributed by atoms with E-state index in [1.54, 1.807) is 12.1 Å². The second kappa shape index (κ2) is 3.25. The fraction of sp³-hybridized carbons (Fsp3) is 0.250. The third kappa shape index (κ3) is 1.18. The summed E-state index contributed by atoms with van der Waals surface area (Å²) in [5, 5.41) is 1.25. The molecule has 0 fully saturated rings. The number of nitrogens with zero attached hydrogens (tertiary/aromatic N) is 1. The van der Waals surface area contributed by atoms with E-state index in [2.05, 4.69) is 0 Å². The van der Waals surface area contributed by atoms with Crippen molar-refractivity contribution in [1.29, 1.82) is 0 Å². The third-order valence-corrected chi connectivity index (χ3v) is 3.23. The van der Waals surface area contributed by atoms with Crippen molar-refractivity contribution in [3.63, 3.8) is 0 Å². The molecule has 1 aliphatic rings. The van der Waals surface area contributed by atoms with Gasteiger partial charge in [-0.3, -0.25) is 4.79 Å². The van der Waals surface area contributed by atoms with Crippen molar-refractivity contribution in [3.05, 3.63) is 39.0 Å². The molecule has 3 rings (SSSR count). The zero-order valence-electron chi connectivity index (χ0n) is 8.79. The van der Waals surface area contributed by atoms with Crippen LogP contribution in [0.5, 0.6) is 5.88 Å². The molecule has 3 nitrogen and oxygen atoms in total. The maximum Gasteiger partial charge on any atom is 0.201 e. The quantitative estimate of drug-likeness (QED) is 0.701. The molecule has 0 aliphatic carbocycles. The Morgan fingerprint density at radius 2 is 2.25 bits per heavy atom. The first kappa shape index (κ1) is 9.73. The number of ether oxygens (including phenoxy) is 1. The van der Waals surface area contributed by atoms with Crippen molar-refractivity contribution in [3.8, 4) is 5.88 Å². The highest BCUT2D eigenvalue weighted by atomic mass is 35.5. The average molecular weight is 236 g/mol. The van der Waals surface area contributed by atoms with Crippen molar-refractivity contribution >= 4 is 22.5 Å². The number of hydrogen-bond acceptors (Lipinski definition) is 2. The summed E-state index contributed by atoms with van der Waals surface area (Å²) in [6.07, 6.45) is 0.685. The van der Waals surface area contributed by atoms with Gasteiger partial charge in [0.2, 0.25) is 5.88 Å². The maximum atomic E-state index is 12.2. The number of rotatable bonds is 0. The highest BCUT2D eigenvalue weighted by Crippen LogP contribution is 2.27. The second-order valence-electron chi connectivity index (χ2n) is 3.93. The van der Waals surface area contributed by atoms with E-state index in [-0.39, 0.29) is 5.43 Å². The normalized spacial score (nSPS) is 13.9. The summed E-state index contributed by atoms with van der Waals surface area (Å²) in [5.41, 5.74) is 1.66. The zero-order valence-corrected chi connectivity index (χ0v) is 9.54. The Bertz CT molecular complexity index is 645. The number of aromatic nitrogens is 1. The lowest BCUT2D eigenvalue weighted by atomic mass is 10.1. The molecule has 1 aromatic carbocycles. The fourth-order valence-electron chi connectivity index (χ4n) is 2.21. The van der Waals surface area contributed by atoms with Gasteiger partial charge in [-0.1, -0.05) is 11.6 Å². The van der Waals surface area contributed by atoms with Crippen LogP contribution in [-0.4, -0.2) is 11.2 Å². The van der Waals surface area contributed by atoms with Gasteiger partial charge in [0, 0.05) is 23.9 Å². The largest absolute Gasteiger partial charge is 0.478 e. The van der Waals surface area contributed by atoms with Gasteiger partial charge in [0.15, 0.2) is 5.43 Å². The van der Waals surface area contributed by atoms with Crippen LogP contribution in [0.3, 0.4) is 0 Å². The van der Waals surface area contributed by atoms with E-state index in [9.17, 15) is 4.79 Å². The third-order valence-electron chi connectivity index (χ3n) is 2.99. The highest BCUT2D eigenvalue weighted by molar-refractivity contribution is 6.31. The first-order valence-corrected chi connectivity index (χ1v) is 5.50. The van der Waals surface area contributed by atoms with Gasteiger partial charge in [-0.05, 0) is 18.2 Å². The fourth-order valence-corrected chi connectivity index (χ4v) is 2.38. The first-order valence-electron chi connectivity index (χ1n) is 5.12. The van der Waals surface area contributed by atoms with Crippen LogP contribution in [0.15, 0.2) is 23.0 Å². The van der Waals surface area contributed by atoms with Gasteiger partial charge < -0.3 is 9.30 Å². The summed E-state index contributed by atoms with van der Waals surface area (Å²) >= 11 is 5.91. The predicted molar refractivity (Wildman–Crippen MR) is 63.4 cm³/mol. The van der Waals surface area contributed by atoms with Gasteiger partial charge in [-0.2, -0.15) is 0 Å². The number of aryl methyl sites for hydroxylation is 1. The topological polar surface area (TPSA) is 31.2 Å². The molecule has 0 unspecified atom stereocenters. The Labute approximate surface area is 97.2 Å². The minimum atomic E-state index is 0.0445. The van der Waals surface area contributed by atoms with E-state index in [1.807, 2.05) is 17.7 Å². The molecular formula is C12H10ClNO2. The van der Waals surface area contributed by atoms with Gasteiger partial charge >= 0.3 is 0 Å². The van der Waals surface area contributed by atoms with Gasteiger partial charge in [-0.15, -0.1) is 0 Å². The van der Waals surface area contributed by atoms with Crippen molar-refractivity contribution in [2.24, 2.45) is 7.05 Å². The van der Waals surface area contributed by atoms with Crippen LogP contribution >= 0.6 is 11.6 Å². The highest BCUT2D eigenvalue weighted by Gasteiger charge is 2.21. The Hall–Kier alpha value is -1.48. The number of hydrogen-bond donors (Lipinski definition) is 0. The number of pyridine rings is 1. The first-order chi connectivity index (χ1) is 7.68. The lowest BCUT2D eigenvalue weighted by molar-refractivity contribution is 0.333. The van der Waals surface area contributed by atoms with Crippen LogP contribution in [0, 0.1) is 0 Å². The molecule has 2 heterocycles. The Morgan fingerprint density at radius 3 is 3.06 bits per heavy atom. The molecule has 1 aromatic heterocycles. The number of fused-ring (bicyclic) bond motifs is 2. The van der Waals surface area contributed by atoms with E-state index < -0.39 is 0 Å². The predicted octanol–water partition coefficient (Wildman–Crippen LogP) is 2.13. The Morgan fingerprint density at radius 1 is 1.44 bits per heavy atom. The van der Waals surface area contributed by atoms with Crippen molar-refractivity contribution < 1.29 is 4.74 Å². The number of halogens is 1. The van der Waals surface area contributed by atoms with E-state index in [4.69, 9.17) is 16.3 Å². The number of benzene rings is 1. The van der Waals surface area contributed by atoms with E-state index in [0.717, 1.165) is 11.1 Å². The van der Waals surface area contributed by atoms with Gasteiger partial charge in [0.25, 0.3) is 0 Å². The van der Waals surface area contributed by atoms with Crippen LogP contribution in [-0.2, 0) is 13.5 Å². The summed E-state index contributed by atoms with van der Waals surface area (Å²) in [6.45, 7) is 0.586. The molecule has 82 valence electrons. The molecular weight excluding hydrogens is 226 g/mol. The summed E-state index contributed by atoms with van der Waals surface area (Å²) in [4.78, 5) is 12.2. The second-order valence-corrected chi connectivity index (χ2v) is 4.37. The summed E-state index contributed by atoms with van der Waals surface area (Å²) in [6, 6.07) is 5.35. The molecule has 0 saturated carbocycles. The van der Waals surface area contributed by atoms with Gasteiger partial charge in [0.1, 0.15) is 0 Å². The summed E-state index contributed by atoms with van der Waals surface area (Å²) in [7, 11) is 1.90. The van der Waals surface area contributed by atoms with Crippen molar-refractivity contribution in [2.75, 3.05) is 6.61 Å². The maximum absolute atomic E-state index is 12.2. The van der Waals surface area contributed by atoms with E-state index >= 15 is 0 Å². The minimum absolute atomic E-state index is 0.0445. The standard InChI is InChI=1S/C12H10ClNO2/c1-14-10-3-2-7(13)6-9(10)11(15)8-4-5-16-12(8)14/h2-3,6H,4-5H2,1H3. The molecule has 0 amide bonds. The molecule has 0 N–H and O–H groups in total. The molecule has 1 aliphatic heterocycles. The molecule has 0 atom stereocenters. The summed E-state index contributed by atoms with van der Waals surface area (Å²) in [5.74, 6) is 0.694. The lowest BCUT2D eigenvalue weighted by Gasteiger charge is -2.10. The van der Waals surface area contributed by atoms with E-state index in [1.165, 1.54) is 0 Å². The Balaban J connectivity index is 2.54. The van der Waals surface area contributed by atoms with Gasteiger partial charge in [0.05, 0.1) is 17.7 Å². The zero-order chi connectivity index (χ0) is 11.3. The molecule has 4 heteroatoms. The van der Waals surface area contributed by atoms with Crippen LogP contribution in [0.1, 0.15) is 5.56 Å². The molecule has 2 aromatic rings. The van der Waals surface area contributed by atoms with Crippen LogP contribution in [0.2, 0.25) is 5.02 Å². The van der Waals surface area contributed by atoms with E-state index in [0.29, 0.717) is 29.3 Å². The molecule has 0 spiro atoms.